The predicted octanol–water partition coefficient (Wildman–Crippen LogP) is 3.95. The first kappa shape index (κ1) is 30.1. The number of nitrogens with zero attached hydrogens (tertiary/aromatic N) is 2. The Morgan fingerprint density at radius 3 is 2.00 bits per heavy atom. The summed E-state index contributed by atoms with van der Waals surface area (Å²) in [7, 11) is 0. The van der Waals surface area contributed by atoms with Gasteiger partial charge in [0, 0.05) is 17.4 Å². The number of unbranched alkanes of at least 4 members (excludes halogenated alkanes) is 2. The van der Waals surface area contributed by atoms with Gasteiger partial charge in [-0.3, -0.25) is 10.4 Å². The van der Waals surface area contributed by atoms with E-state index >= 15 is 0 Å². The van der Waals surface area contributed by atoms with Crippen molar-refractivity contribution < 1.29 is 12.4 Å². The smallest absolute Gasteiger partial charge is 0.191 e. The number of nitrogens with one attached hydrogen (secondary N) is 2. The third-order valence-electron chi connectivity index (χ3n) is 4.67. The fraction of sp³-hybridized carbons (Fsp3) is 0.296. The van der Waals surface area contributed by atoms with Crippen molar-refractivity contribution in [2.75, 3.05) is 5.32 Å². The first-order valence-electron chi connectivity index (χ1n) is 11.6. The van der Waals surface area contributed by atoms with Crippen molar-refractivity contribution >= 4 is 49.9 Å². The van der Waals surface area contributed by atoms with E-state index < -0.39 is 0 Å². The van der Waals surface area contributed by atoms with E-state index in [1.165, 1.54) is 25.7 Å². The van der Waals surface area contributed by atoms with Crippen molar-refractivity contribution in [3.63, 3.8) is 0 Å². The molecular formula is C27H34ClN4SSn+. The molecule has 178 valence electrons. The van der Waals surface area contributed by atoms with Crippen LogP contribution in [0.4, 0.5) is 5.69 Å². The van der Waals surface area contributed by atoms with Crippen LogP contribution in [0.2, 0.25) is 8.87 Å². The van der Waals surface area contributed by atoms with Gasteiger partial charge in [0.05, 0.1) is 5.69 Å². The molecule has 0 radical (unpaired) electrons. The van der Waals surface area contributed by atoms with Gasteiger partial charge in [0.15, 0.2) is 5.11 Å². The van der Waals surface area contributed by atoms with Crippen LogP contribution in [-0.4, -0.2) is 37.0 Å². The van der Waals surface area contributed by atoms with E-state index in [1.54, 1.807) is 15.1 Å². The Hall–Kier alpha value is -1.96. The van der Waals surface area contributed by atoms with Gasteiger partial charge in [-0.1, -0.05) is 54.6 Å². The SMILES string of the molecule is CCC[CH2][Sn+2][CH2]CCC.S=C(N/N=C(/c1ccccc1)c1ccccn1)Nc1ccccc1.[Cl-]. The van der Waals surface area contributed by atoms with E-state index in [0.29, 0.717) is 5.11 Å². The van der Waals surface area contributed by atoms with Crippen molar-refractivity contribution in [3.8, 4) is 0 Å². The minimum atomic E-state index is 0. The Morgan fingerprint density at radius 2 is 1.44 bits per heavy atom. The zero-order valence-corrected chi connectivity index (χ0v) is 24.4. The number of pyridine rings is 1. The minimum Gasteiger partial charge on any atom is -1.00 e. The summed E-state index contributed by atoms with van der Waals surface area (Å²) in [5.41, 5.74) is 6.27. The third kappa shape index (κ3) is 12.5. The van der Waals surface area contributed by atoms with Crippen molar-refractivity contribution in [2.45, 2.75) is 48.4 Å². The molecule has 0 fully saturated rings. The van der Waals surface area contributed by atoms with Crippen LogP contribution in [0.5, 0.6) is 0 Å². The molecule has 0 spiro atoms. The van der Waals surface area contributed by atoms with Gasteiger partial charge in [-0.15, -0.1) is 0 Å². The van der Waals surface area contributed by atoms with Crippen LogP contribution >= 0.6 is 12.2 Å². The molecule has 0 atom stereocenters. The van der Waals surface area contributed by atoms with Gasteiger partial charge in [0.25, 0.3) is 0 Å². The average molecular weight is 601 g/mol. The Bertz CT molecular complexity index is 893. The molecule has 2 N–H and O–H groups in total. The van der Waals surface area contributed by atoms with Gasteiger partial charge in [-0.25, -0.2) is 0 Å². The summed E-state index contributed by atoms with van der Waals surface area (Å²) >= 11 is 5.45. The van der Waals surface area contributed by atoms with Gasteiger partial charge >= 0.3 is 69.5 Å². The maximum absolute atomic E-state index is 5.30. The fourth-order valence-electron chi connectivity index (χ4n) is 2.88. The molecule has 0 saturated heterocycles. The maximum Gasteiger partial charge on any atom is 0.191 e. The monoisotopic (exact) mass is 601 g/mol. The molecule has 0 unspecified atom stereocenters. The zero-order valence-electron chi connectivity index (χ0n) is 20.0. The van der Waals surface area contributed by atoms with Crippen LogP contribution in [0.3, 0.4) is 0 Å². The van der Waals surface area contributed by atoms with Gasteiger partial charge in [-0.05, 0) is 36.5 Å². The molecular weight excluding hydrogens is 567 g/mol. The molecule has 0 bridgehead atoms. The Morgan fingerprint density at radius 1 is 0.853 bits per heavy atom. The average Bonchev–Trinajstić information content (AvgIpc) is 2.86. The summed E-state index contributed by atoms with van der Waals surface area (Å²) in [6.07, 6.45) is 7.58. The zero-order chi connectivity index (χ0) is 23.6. The normalized spacial score (nSPS) is 10.1. The van der Waals surface area contributed by atoms with E-state index in [4.69, 9.17) is 12.2 Å². The molecule has 34 heavy (non-hydrogen) atoms. The summed E-state index contributed by atoms with van der Waals surface area (Å²) in [5.74, 6) is 0. The molecule has 0 saturated carbocycles. The molecule has 0 aliphatic heterocycles. The van der Waals surface area contributed by atoms with Crippen LogP contribution in [-0.2, 0) is 0 Å². The van der Waals surface area contributed by atoms with Crippen LogP contribution in [0.15, 0.2) is 90.2 Å². The number of benzene rings is 2. The minimum absolute atomic E-state index is 0. The molecule has 3 aromatic rings. The van der Waals surface area contributed by atoms with E-state index in [2.05, 4.69) is 34.7 Å². The first-order valence-corrected chi connectivity index (χ1v) is 16.1. The molecule has 0 aliphatic carbocycles. The second-order valence-corrected chi connectivity index (χ2v) is 12.1. The van der Waals surface area contributed by atoms with Crippen molar-refractivity contribution in [1.29, 1.82) is 0 Å². The number of hydrazone groups is 1. The molecule has 1 heterocycles. The second-order valence-electron chi connectivity index (χ2n) is 7.43. The van der Waals surface area contributed by atoms with Gasteiger partial charge in [0.2, 0.25) is 0 Å². The second kappa shape index (κ2) is 19.4. The Balaban J connectivity index is 0.000000496. The van der Waals surface area contributed by atoms with E-state index in [-0.39, 0.29) is 33.5 Å². The van der Waals surface area contributed by atoms with E-state index in [0.717, 1.165) is 22.7 Å². The fourth-order valence-corrected chi connectivity index (χ4v) is 7.21. The number of aromatic nitrogens is 1. The van der Waals surface area contributed by atoms with Gasteiger partial charge in [-0.2, -0.15) is 5.10 Å². The summed E-state index contributed by atoms with van der Waals surface area (Å²) in [4.78, 5) is 4.38. The van der Waals surface area contributed by atoms with Crippen LogP contribution in [0, 0.1) is 0 Å². The molecule has 2 aromatic carbocycles. The van der Waals surface area contributed by atoms with Gasteiger partial charge in [0.1, 0.15) is 5.71 Å². The van der Waals surface area contributed by atoms with E-state index in [9.17, 15) is 0 Å². The first-order chi connectivity index (χ1) is 16.2. The molecule has 0 amide bonds. The number of hydrogen-bond acceptors (Lipinski definition) is 3. The molecule has 0 aliphatic rings. The van der Waals surface area contributed by atoms with Gasteiger partial charge < -0.3 is 17.7 Å². The van der Waals surface area contributed by atoms with Crippen molar-refractivity contribution in [1.82, 2.24) is 10.4 Å². The molecule has 4 nitrogen and oxygen atoms in total. The standard InChI is InChI=1S/C19H16N4S.2C4H9.ClH.Sn/c24-19(21-16-11-5-2-6-12-16)23-22-18(15-9-3-1-4-10-15)17-13-7-8-14-20-17;2*1-3-4-2;;/h1-14H,(H2,21,23,24);2*1,3-4H2,2H3;1H;/q;;;;+2/p-1/b22-18-;;;;. The Kier molecular flexibility index (Phi) is 17.1. The van der Waals surface area contributed by atoms with Crippen LogP contribution < -0.4 is 23.1 Å². The van der Waals surface area contributed by atoms with Crippen molar-refractivity contribution in [3.05, 3.63) is 96.3 Å². The third-order valence-corrected chi connectivity index (χ3v) is 8.90. The topological polar surface area (TPSA) is 49.3 Å². The number of para-hydroxylation sites is 1. The maximum atomic E-state index is 5.30. The largest absolute Gasteiger partial charge is 1.00 e. The molecule has 3 rings (SSSR count). The number of hydrogen-bond donors (Lipinski definition) is 2. The summed E-state index contributed by atoms with van der Waals surface area (Å²) in [6, 6.07) is 25.3. The quantitative estimate of drug-likeness (QED) is 0.122. The summed E-state index contributed by atoms with van der Waals surface area (Å²) in [5, 5.41) is 7.98. The summed E-state index contributed by atoms with van der Waals surface area (Å²) < 4.78 is 3.25. The number of thiocarbonyl (C=S) groups is 1. The van der Waals surface area contributed by atoms with E-state index in [1.807, 2.05) is 78.9 Å². The number of rotatable bonds is 10. The molecule has 1 aromatic heterocycles. The van der Waals surface area contributed by atoms with Crippen LogP contribution in [0.25, 0.3) is 0 Å². The number of anilines is 1. The Labute approximate surface area is 226 Å². The van der Waals surface area contributed by atoms with Crippen LogP contribution in [0.1, 0.15) is 50.8 Å². The predicted molar refractivity (Wildman–Crippen MR) is 147 cm³/mol. The van der Waals surface area contributed by atoms with Crippen molar-refractivity contribution in [2.24, 2.45) is 5.10 Å². The summed E-state index contributed by atoms with van der Waals surface area (Å²) in [6.45, 7) is 4.58. The molecule has 7 heteroatoms. The number of halogens is 1.